The number of halogens is 4. The molecule has 1 amide bonds. The molecule has 3 aromatic rings. The third-order valence-electron chi connectivity index (χ3n) is 5.40. The first-order valence-electron chi connectivity index (χ1n) is 10.1. The van der Waals surface area contributed by atoms with Gasteiger partial charge in [0.25, 0.3) is 5.89 Å². The van der Waals surface area contributed by atoms with Crippen LogP contribution in [0.2, 0.25) is 0 Å². The van der Waals surface area contributed by atoms with E-state index in [9.17, 15) is 22.4 Å². The van der Waals surface area contributed by atoms with Crippen LogP contribution in [0.4, 0.5) is 23.2 Å². The van der Waals surface area contributed by atoms with Crippen LogP contribution in [0.15, 0.2) is 46.9 Å². The summed E-state index contributed by atoms with van der Waals surface area (Å²) >= 11 is 0. The zero-order valence-electron chi connectivity index (χ0n) is 17.1. The van der Waals surface area contributed by atoms with E-state index in [0.717, 1.165) is 12.6 Å². The molecule has 168 valence electrons. The van der Waals surface area contributed by atoms with Gasteiger partial charge in [-0.15, -0.1) is 10.2 Å². The Balaban J connectivity index is 1.59. The second-order valence-electron chi connectivity index (χ2n) is 7.51. The van der Waals surface area contributed by atoms with Crippen molar-refractivity contribution in [2.45, 2.75) is 19.9 Å². The monoisotopic (exact) mass is 448 g/mol. The van der Waals surface area contributed by atoms with Gasteiger partial charge in [0, 0.05) is 29.9 Å². The van der Waals surface area contributed by atoms with Crippen LogP contribution in [0, 0.1) is 17.6 Å². The second-order valence-corrected chi connectivity index (χ2v) is 7.51. The molecule has 4 rings (SSSR count). The summed E-state index contributed by atoms with van der Waals surface area (Å²) in [6, 6.07) is 9.50. The number of aromatic nitrogens is 2. The molecule has 0 bridgehead atoms. The predicted molar refractivity (Wildman–Crippen MR) is 108 cm³/mol. The SMILES string of the molecule is CCN1CC(C(=O)N(Cc2ccc(-c3nnc(C(F)F)o3)cc2F)c2cccc(F)c2)C1. The first-order chi connectivity index (χ1) is 15.4. The molecular weight excluding hydrogens is 428 g/mol. The molecule has 0 spiro atoms. The van der Waals surface area contributed by atoms with E-state index in [2.05, 4.69) is 15.1 Å². The lowest BCUT2D eigenvalue weighted by Crippen LogP contribution is -2.54. The van der Waals surface area contributed by atoms with Crippen molar-refractivity contribution in [2.24, 2.45) is 5.92 Å². The summed E-state index contributed by atoms with van der Waals surface area (Å²) in [4.78, 5) is 16.6. The van der Waals surface area contributed by atoms with E-state index in [1.165, 1.54) is 35.2 Å². The molecule has 1 aliphatic heterocycles. The molecule has 0 saturated carbocycles. The molecule has 0 unspecified atom stereocenters. The molecule has 1 aliphatic rings. The number of hydrogen-bond acceptors (Lipinski definition) is 5. The van der Waals surface area contributed by atoms with E-state index in [4.69, 9.17) is 4.42 Å². The quantitative estimate of drug-likeness (QED) is 0.500. The molecule has 6 nitrogen and oxygen atoms in total. The molecule has 1 aromatic heterocycles. The van der Waals surface area contributed by atoms with Crippen LogP contribution in [0.5, 0.6) is 0 Å². The Labute approximate surface area is 181 Å². The zero-order chi connectivity index (χ0) is 22.8. The van der Waals surface area contributed by atoms with Gasteiger partial charge in [-0.2, -0.15) is 8.78 Å². The first-order valence-corrected chi connectivity index (χ1v) is 10.1. The highest BCUT2D eigenvalue weighted by Crippen LogP contribution is 2.28. The summed E-state index contributed by atoms with van der Waals surface area (Å²) in [6.45, 7) is 3.87. The van der Waals surface area contributed by atoms with Gasteiger partial charge in [-0.25, -0.2) is 8.78 Å². The van der Waals surface area contributed by atoms with Crippen molar-refractivity contribution in [3.05, 3.63) is 65.6 Å². The maximum Gasteiger partial charge on any atom is 0.314 e. The lowest BCUT2D eigenvalue weighted by Gasteiger charge is -2.40. The minimum Gasteiger partial charge on any atom is -0.415 e. The molecular formula is C22H20F4N4O2. The fourth-order valence-electron chi connectivity index (χ4n) is 3.56. The van der Waals surface area contributed by atoms with Crippen molar-refractivity contribution in [1.29, 1.82) is 0 Å². The highest BCUT2D eigenvalue weighted by atomic mass is 19.3. The number of amides is 1. The van der Waals surface area contributed by atoms with Gasteiger partial charge < -0.3 is 14.2 Å². The number of hydrogen-bond donors (Lipinski definition) is 0. The molecule has 1 saturated heterocycles. The van der Waals surface area contributed by atoms with Crippen molar-refractivity contribution >= 4 is 11.6 Å². The van der Waals surface area contributed by atoms with Crippen LogP contribution in [-0.4, -0.2) is 40.6 Å². The fourth-order valence-corrected chi connectivity index (χ4v) is 3.56. The molecule has 2 heterocycles. The van der Waals surface area contributed by atoms with Gasteiger partial charge in [-0.1, -0.05) is 19.1 Å². The summed E-state index contributed by atoms with van der Waals surface area (Å²) in [5.41, 5.74) is 0.630. The van der Waals surface area contributed by atoms with E-state index in [1.807, 2.05) is 6.92 Å². The van der Waals surface area contributed by atoms with Gasteiger partial charge in [0.1, 0.15) is 11.6 Å². The highest BCUT2D eigenvalue weighted by Gasteiger charge is 2.35. The van der Waals surface area contributed by atoms with E-state index < -0.39 is 24.0 Å². The van der Waals surface area contributed by atoms with E-state index in [1.54, 1.807) is 6.07 Å². The van der Waals surface area contributed by atoms with Gasteiger partial charge in [-0.3, -0.25) is 4.79 Å². The number of anilines is 1. The average molecular weight is 448 g/mol. The van der Waals surface area contributed by atoms with Crippen LogP contribution in [-0.2, 0) is 11.3 Å². The zero-order valence-corrected chi connectivity index (χ0v) is 17.1. The van der Waals surface area contributed by atoms with Gasteiger partial charge in [0.15, 0.2) is 0 Å². The van der Waals surface area contributed by atoms with Gasteiger partial charge in [0.2, 0.25) is 11.8 Å². The van der Waals surface area contributed by atoms with Crippen LogP contribution < -0.4 is 4.90 Å². The molecule has 2 aromatic carbocycles. The number of rotatable bonds is 7. The maximum atomic E-state index is 14.9. The molecule has 32 heavy (non-hydrogen) atoms. The van der Waals surface area contributed by atoms with Crippen LogP contribution in [0.1, 0.15) is 24.8 Å². The largest absolute Gasteiger partial charge is 0.415 e. The Kier molecular flexibility index (Phi) is 6.22. The summed E-state index contributed by atoms with van der Waals surface area (Å²) in [6.07, 6.45) is -2.93. The summed E-state index contributed by atoms with van der Waals surface area (Å²) in [5, 5.41) is 6.74. The van der Waals surface area contributed by atoms with Gasteiger partial charge in [0.05, 0.1) is 12.5 Å². The van der Waals surface area contributed by atoms with Crippen molar-refractivity contribution in [3.8, 4) is 11.5 Å². The second kappa shape index (κ2) is 9.07. The van der Waals surface area contributed by atoms with Crippen LogP contribution in [0.3, 0.4) is 0 Å². The van der Waals surface area contributed by atoms with Crippen molar-refractivity contribution in [1.82, 2.24) is 15.1 Å². The predicted octanol–water partition coefficient (Wildman–Crippen LogP) is 4.44. The number of carbonyl (C=O) groups is 1. The number of benzene rings is 2. The smallest absolute Gasteiger partial charge is 0.314 e. The first kappa shape index (κ1) is 21.9. The van der Waals surface area contributed by atoms with Gasteiger partial charge in [-0.05, 0) is 36.9 Å². The van der Waals surface area contributed by atoms with Crippen molar-refractivity contribution in [3.63, 3.8) is 0 Å². The molecule has 0 radical (unpaired) electrons. The van der Waals surface area contributed by atoms with Crippen LogP contribution >= 0.6 is 0 Å². The van der Waals surface area contributed by atoms with Crippen molar-refractivity contribution in [2.75, 3.05) is 24.5 Å². The number of carbonyl (C=O) groups excluding carboxylic acids is 1. The molecule has 10 heteroatoms. The standard InChI is InChI=1S/C22H20F4N4O2/c1-2-29-10-15(11-29)22(31)30(17-5-3-4-16(23)9-17)12-14-7-6-13(8-18(14)24)20-27-28-21(32-20)19(25)26/h3-9,15,19H,2,10-12H2,1H3. The molecule has 0 atom stereocenters. The minimum atomic E-state index is -2.93. The van der Waals surface area contributed by atoms with Crippen molar-refractivity contribution < 1.29 is 26.8 Å². The molecule has 0 N–H and O–H groups in total. The Morgan fingerprint density at radius 1 is 1.19 bits per heavy atom. The van der Waals surface area contributed by atoms with E-state index in [-0.39, 0.29) is 35.4 Å². The summed E-state index contributed by atoms with van der Waals surface area (Å²) in [7, 11) is 0. The summed E-state index contributed by atoms with van der Waals surface area (Å²) < 4.78 is 58.9. The highest BCUT2D eigenvalue weighted by molar-refractivity contribution is 5.95. The lowest BCUT2D eigenvalue weighted by atomic mass is 9.97. The number of alkyl halides is 2. The Hall–Kier alpha value is -3.27. The topological polar surface area (TPSA) is 62.5 Å². The minimum absolute atomic E-state index is 0.122. The maximum absolute atomic E-state index is 14.9. The Bertz CT molecular complexity index is 1110. The fraction of sp³-hybridized carbons (Fsp3) is 0.318. The van der Waals surface area contributed by atoms with Crippen LogP contribution in [0.25, 0.3) is 11.5 Å². The molecule has 0 aliphatic carbocycles. The lowest BCUT2D eigenvalue weighted by molar-refractivity contribution is -0.127. The Morgan fingerprint density at radius 2 is 1.97 bits per heavy atom. The number of likely N-dealkylation sites (tertiary alicyclic amines) is 1. The van der Waals surface area contributed by atoms with Gasteiger partial charge >= 0.3 is 6.43 Å². The van der Waals surface area contributed by atoms with E-state index >= 15 is 0 Å². The average Bonchev–Trinajstić information content (AvgIpc) is 3.22. The summed E-state index contributed by atoms with van der Waals surface area (Å²) in [5.74, 6) is -2.76. The molecule has 1 fully saturated rings. The Morgan fingerprint density at radius 3 is 2.59 bits per heavy atom. The van der Waals surface area contributed by atoms with E-state index in [0.29, 0.717) is 18.8 Å². The third-order valence-corrected chi connectivity index (χ3v) is 5.40. The normalized spacial score (nSPS) is 14.6. The third kappa shape index (κ3) is 4.50. The number of nitrogens with zero attached hydrogens (tertiary/aromatic N) is 4.